The zero-order valence-corrected chi connectivity index (χ0v) is 18.2. The molecule has 1 aromatic carbocycles. The van der Waals surface area contributed by atoms with Crippen molar-refractivity contribution in [1.29, 1.82) is 0 Å². The van der Waals surface area contributed by atoms with Crippen LogP contribution in [0.1, 0.15) is 70.3 Å². The minimum atomic E-state index is -1.35. The van der Waals surface area contributed by atoms with E-state index >= 15 is 0 Å². The number of hydrogen-bond donors (Lipinski definition) is 1. The predicted octanol–water partition coefficient (Wildman–Crippen LogP) is 3.88. The van der Waals surface area contributed by atoms with Crippen LogP contribution in [0, 0.1) is 0 Å². The highest BCUT2D eigenvalue weighted by atomic mass is 16.4. The normalized spacial score (nSPS) is 14.2. The Hall–Kier alpha value is -2.96. The Bertz CT molecular complexity index is 772. The molecule has 1 aliphatic rings. The Morgan fingerprint density at radius 1 is 0.903 bits per heavy atom. The smallest absolute Gasteiger partial charge is 0.328 e. The van der Waals surface area contributed by atoms with Gasteiger partial charge in [0.1, 0.15) is 0 Å². The van der Waals surface area contributed by atoms with Crippen molar-refractivity contribution in [3.05, 3.63) is 48.0 Å². The zero-order valence-electron chi connectivity index (χ0n) is 18.2. The van der Waals surface area contributed by atoms with Crippen molar-refractivity contribution in [3.8, 4) is 0 Å². The molecule has 0 saturated carbocycles. The van der Waals surface area contributed by atoms with Gasteiger partial charge >= 0.3 is 5.97 Å². The lowest BCUT2D eigenvalue weighted by molar-refractivity contribution is -0.177. The molecule has 1 atom stereocenters. The SMILES string of the molecule is CCCCCCCCCCC(=O)N([C@@H](Cc1ccccc1)C(=O)O)N1C(=O)C=CC1=O. The van der Waals surface area contributed by atoms with Gasteiger partial charge in [0.05, 0.1) is 0 Å². The van der Waals surface area contributed by atoms with Crippen molar-refractivity contribution in [2.45, 2.75) is 77.2 Å². The Kier molecular flexibility index (Phi) is 9.94. The number of carboxylic acid groups (broad SMARTS) is 1. The molecule has 2 rings (SSSR count). The summed E-state index contributed by atoms with van der Waals surface area (Å²) in [5.74, 6) is -3.19. The third-order valence-corrected chi connectivity index (χ3v) is 5.35. The number of benzene rings is 1. The topological polar surface area (TPSA) is 95.0 Å². The summed E-state index contributed by atoms with van der Waals surface area (Å²) in [6.45, 7) is 2.17. The zero-order chi connectivity index (χ0) is 22.6. The summed E-state index contributed by atoms with van der Waals surface area (Å²) in [6, 6.07) is 7.51. The van der Waals surface area contributed by atoms with Gasteiger partial charge in [0.15, 0.2) is 6.04 Å². The first-order valence-electron chi connectivity index (χ1n) is 11.1. The molecule has 1 heterocycles. The standard InChI is InChI=1S/C24H32N2O5/c1-2-3-4-5-6-7-8-12-15-21(27)25(26-22(28)16-17-23(26)29)20(24(30)31)18-19-13-10-9-11-14-19/h9-11,13-14,16-17,20H,2-8,12,15,18H2,1H3,(H,30,31)/t20-/m0/s1. The molecule has 0 radical (unpaired) electrons. The largest absolute Gasteiger partial charge is 0.480 e. The number of nitrogens with zero attached hydrogens (tertiary/aromatic N) is 2. The first kappa shape index (κ1) is 24.3. The third-order valence-electron chi connectivity index (χ3n) is 5.35. The number of hydrogen-bond acceptors (Lipinski definition) is 4. The molecule has 3 amide bonds. The van der Waals surface area contributed by atoms with E-state index in [0.29, 0.717) is 17.0 Å². The lowest BCUT2D eigenvalue weighted by atomic mass is 10.0. The Balaban J connectivity index is 2.05. The Morgan fingerprint density at radius 2 is 1.45 bits per heavy atom. The summed E-state index contributed by atoms with van der Waals surface area (Å²) in [5, 5.41) is 11.3. The maximum atomic E-state index is 13.0. The summed E-state index contributed by atoms with van der Waals surface area (Å²) in [5.41, 5.74) is 0.701. The van der Waals surface area contributed by atoms with Crippen LogP contribution in [0.5, 0.6) is 0 Å². The van der Waals surface area contributed by atoms with Crippen LogP contribution in [0.4, 0.5) is 0 Å². The van der Waals surface area contributed by atoms with Crippen LogP contribution in [0.2, 0.25) is 0 Å². The van der Waals surface area contributed by atoms with Gasteiger partial charge in [-0.15, -0.1) is 0 Å². The fourth-order valence-corrected chi connectivity index (χ4v) is 3.67. The van der Waals surface area contributed by atoms with Gasteiger partial charge < -0.3 is 5.11 Å². The number of rotatable bonds is 14. The van der Waals surface area contributed by atoms with Gasteiger partial charge in [-0.3, -0.25) is 14.4 Å². The van der Waals surface area contributed by atoms with Crippen LogP contribution < -0.4 is 0 Å². The van der Waals surface area contributed by atoms with Crippen LogP contribution >= 0.6 is 0 Å². The predicted molar refractivity (Wildman–Crippen MR) is 117 cm³/mol. The molecule has 0 saturated heterocycles. The van der Waals surface area contributed by atoms with Crippen LogP contribution in [-0.4, -0.2) is 44.9 Å². The van der Waals surface area contributed by atoms with E-state index in [2.05, 4.69) is 6.92 Å². The van der Waals surface area contributed by atoms with E-state index in [-0.39, 0.29) is 12.8 Å². The average Bonchev–Trinajstić information content (AvgIpc) is 3.08. The number of unbranched alkanes of at least 4 members (excludes halogenated alkanes) is 7. The fraction of sp³-hybridized carbons (Fsp3) is 0.500. The summed E-state index contributed by atoms with van der Waals surface area (Å²) in [6.07, 6.45) is 10.6. The fourth-order valence-electron chi connectivity index (χ4n) is 3.67. The molecule has 7 nitrogen and oxygen atoms in total. The van der Waals surface area contributed by atoms with Crippen LogP contribution in [0.15, 0.2) is 42.5 Å². The molecule has 168 valence electrons. The maximum absolute atomic E-state index is 13.0. The van der Waals surface area contributed by atoms with Crippen LogP contribution in [0.25, 0.3) is 0 Å². The lowest BCUT2D eigenvalue weighted by Gasteiger charge is -2.34. The minimum Gasteiger partial charge on any atom is -0.480 e. The molecule has 7 heteroatoms. The highest BCUT2D eigenvalue weighted by Crippen LogP contribution is 2.19. The summed E-state index contributed by atoms with van der Waals surface area (Å²) in [4.78, 5) is 49.6. The van der Waals surface area contributed by atoms with Crippen LogP contribution in [-0.2, 0) is 25.6 Å². The first-order chi connectivity index (χ1) is 15.0. The highest BCUT2D eigenvalue weighted by Gasteiger charge is 2.40. The van der Waals surface area contributed by atoms with E-state index in [1.807, 2.05) is 6.07 Å². The molecule has 1 N–H and O–H groups in total. The average molecular weight is 429 g/mol. The third kappa shape index (κ3) is 7.35. The van der Waals surface area contributed by atoms with Crippen molar-refractivity contribution >= 4 is 23.7 Å². The molecule has 0 spiro atoms. The number of imide groups is 1. The van der Waals surface area contributed by atoms with Crippen molar-refractivity contribution in [2.24, 2.45) is 0 Å². The van der Waals surface area contributed by atoms with E-state index in [1.165, 1.54) is 25.7 Å². The van der Waals surface area contributed by atoms with Gasteiger partial charge in [-0.25, -0.2) is 9.80 Å². The van der Waals surface area contributed by atoms with Crippen molar-refractivity contribution in [3.63, 3.8) is 0 Å². The number of carboxylic acids is 1. The second-order valence-corrected chi connectivity index (χ2v) is 7.83. The van der Waals surface area contributed by atoms with E-state index in [9.17, 15) is 24.3 Å². The molecule has 31 heavy (non-hydrogen) atoms. The molecule has 0 unspecified atom stereocenters. The number of amides is 3. The quantitative estimate of drug-likeness (QED) is 0.358. The summed E-state index contributed by atoms with van der Waals surface area (Å²) in [7, 11) is 0. The van der Waals surface area contributed by atoms with Gasteiger partial charge in [-0.1, -0.05) is 82.2 Å². The summed E-state index contributed by atoms with van der Waals surface area (Å²) >= 11 is 0. The molecular weight excluding hydrogens is 396 g/mol. The molecular formula is C24H32N2O5. The Morgan fingerprint density at radius 3 is 2.00 bits per heavy atom. The second-order valence-electron chi connectivity index (χ2n) is 7.83. The van der Waals surface area contributed by atoms with Gasteiger partial charge in [0.2, 0.25) is 5.91 Å². The van der Waals surface area contributed by atoms with Crippen molar-refractivity contribution in [2.75, 3.05) is 0 Å². The van der Waals surface area contributed by atoms with Gasteiger partial charge in [0.25, 0.3) is 11.8 Å². The van der Waals surface area contributed by atoms with Gasteiger partial charge in [-0.05, 0) is 12.0 Å². The number of hydrazine groups is 1. The van der Waals surface area contributed by atoms with E-state index in [1.54, 1.807) is 24.3 Å². The van der Waals surface area contributed by atoms with E-state index in [4.69, 9.17) is 0 Å². The number of carbonyl (C=O) groups excluding carboxylic acids is 3. The second kappa shape index (κ2) is 12.7. The van der Waals surface area contributed by atoms with Crippen molar-refractivity contribution < 1.29 is 24.3 Å². The monoisotopic (exact) mass is 428 g/mol. The van der Waals surface area contributed by atoms with Gasteiger partial charge in [-0.2, -0.15) is 5.01 Å². The molecule has 0 bridgehead atoms. The Labute approximate surface area is 183 Å². The molecule has 1 aliphatic heterocycles. The van der Waals surface area contributed by atoms with Crippen LogP contribution in [0.3, 0.4) is 0 Å². The maximum Gasteiger partial charge on any atom is 0.328 e. The molecule has 0 fully saturated rings. The van der Waals surface area contributed by atoms with E-state index < -0.39 is 29.7 Å². The van der Waals surface area contributed by atoms with Gasteiger partial charge in [0, 0.05) is 25.0 Å². The summed E-state index contributed by atoms with van der Waals surface area (Å²) < 4.78 is 0. The first-order valence-corrected chi connectivity index (χ1v) is 11.1. The lowest BCUT2D eigenvalue weighted by Crippen LogP contribution is -2.57. The minimum absolute atomic E-state index is 0.00357. The van der Waals surface area contributed by atoms with E-state index in [0.717, 1.165) is 36.4 Å². The molecule has 1 aromatic rings. The number of aliphatic carboxylic acids is 1. The molecule has 0 aliphatic carbocycles. The molecule has 0 aromatic heterocycles. The van der Waals surface area contributed by atoms with Crippen molar-refractivity contribution in [1.82, 2.24) is 10.0 Å². The number of carbonyl (C=O) groups is 4. The highest BCUT2D eigenvalue weighted by molar-refractivity contribution is 6.13.